The second-order valence-corrected chi connectivity index (χ2v) is 6.18. The molecule has 0 unspecified atom stereocenters. The molecular formula is C21H23NO4. The quantitative estimate of drug-likeness (QED) is 0.776. The zero-order valence-corrected chi connectivity index (χ0v) is 14.9. The average molecular weight is 353 g/mol. The second-order valence-electron chi connectivity index (χ2n) is 6.18. The van der Waals surface area contributed by atoms with Gasteiger partial charge in [0.15, 0.2) is 0 Å². The maximum absolute atomic E-state index is 13.0. The predicted octanol–water partition coefficient (Wildman–Crippen LogP) is 3.01. The molecule has 0 bridgehead atoms. The summed E-state index contributed by atoms with van der Waals surface area (Å²) >= 11 is 0. The van der Waals surface area contributed by atoms with E-state index in [0.29, 0.717) is 37.4 Å². The number of morpholine rings is 1. The SMILES string of the molecule is CCc1ccc(C(=O)O[C@H](C(=O)N2CCOCC2)c2ccccc2)cc1. The maximum Gasteiger partial charge on any atom is 0.339 e. The molecule has 0 N–H and O–H groups in total. The number of esters is 1. The van der Waals surface area contributed by atoms with E-state index in [2.05, 4.69) is 6.92 Å². The number of hydrogen-bond acceptors (Lipinski definition) is 4. The number of rotatable bonds is 5. The predicted molar refractivity (Wildman–Crippen MR) is 97.8 cm³/mol. The van der Waals surface area contributed by atoms with Gasteiger partial charge in [0, 0.05) is 18.7 Å². The smallest absolute Gasteiger partial charge is 0.339 e. The molecule has 5 heteroatoms. The highest BCUT2D eigenvalue weighted by atomic mass is 16.5. The monoisotopic (exact) mass is 353 g/mol. The van der Waals surface area contributed by atoms with Crippen LogP contribution < -0.4 is 0 Å². The van der Waals surface area contributed by atoms with Crippen LogP contribution in [0, 0.1) is 0 Å². The molecule has 0 saturated carbocycles. The van der Waals surface area contributed by atoms with Crippen LogP contribution in [0.25, 0.3) is 0 Å². The van der Waals surface area contributed by atoms with Crippen LogP contribution in [0.3, 0.4) is 0 Å². The van der Waals surface area contributed by atoms with Crippen LogP contribution in [0.1, 0.15) is 34.5 Å². The highest BCUT2D eigenvalue weighted by Crippen LogP contribution is 2.23. The van der Waals surface area contributed by atoms with Crippen molar-refractivity contribution in [1.29, 1.82) is 0 Å². The molecule has 0 aromatic heterocycles. The molecule has 0 radical (unpaired) electrons. The van der Waals surface area contributed by atoms with E-state index in [-0.39, 0.29) is 5.91 Å². The Labute approximate surface area is 153 Å². The van der Waals surface area contributed by atoms with E-state index in [4.69, 9.17) is 9.47 Å². The highest BCUT2D eigenvalue weighted by molar-refractivity contribution is 5.92. The van der Waals surface area contributed by atoms with Crippen LogP contribution in [0.4, 0.5) is 0 Å². The van der Waals surface area contributed by atoms with Crippen molar-refractivity contribution in [3.63, 3.8) is 0 Å². The first kappa shape index (κ1) is 18.1. The Balaban J connectivity index is 1.80. The minimum absolute atomic E-state index is 0.210. The third-order valence-corrected chi connectivity index (χ3v) is 4.47. The lowest BCUT2D eigenvalue weighted by Crippen LogP contribution is -2.44. The van der Waals surface area contributed by atoms with Crippen molar-refractivity contribution in [1.82, 2.24) is 4.90 Å². The summed E-state index contributed by atoms with van der Waals surface area (Å²) < 4.78 is 10.9. The van der Waals surface area contributed by atoms with Crippen molar-refractivity contribution in [3.05, 3.63) is 71.3 Å². The Hall–Kier alpha value is -2.66. The Morgan fingerprint density at radius 3 is 2.31 bits per heavy atom. The van der Waals surface area contributed by atoms with E-state index in [9.17, 15) is 9.59 Å². The van der Waals surface area contributed by atoms with Gasteiger partial charge in [-0.3, -0.25) is 4.79 Å². The fraction of sp³-hybridized carbons (Fsp3) is 0.333. The van der Waals surface area contributed by atoms with Gasteiger partial charge >= 0.3 is 5.97 Å². The molecule has 2 aromatic rings. The van der Waals surface area contributed by atoms with Gasteiger partial charge in [0.05, 0.1) is 18.8 Å². The largest absolute Gasteiger partial charge is 0.444 e. The van der Waals surface area contributed by atoms with Crippen molar-refractivity contribution in [3.8, 4) is 0 Å². The minimum atomic E-state index is -0.951. The van der Waals surface area contributed by atoms with E-state index >= 15 is 0 Å². The lowest BCUT2D eigenvalue weighted by molar-refractivity contribution is -0.145. The number of amides is 1. The molecule has 0 spiro atoms. The third-order valence-electron chi connectivity index (χ3n) is 4.47. The van der Waals surface area contributed by atoms with E-state index in [0.717, 1.165) is 12.0 Å². The number of carbonyl (C=O) groups excluding carboxylic acids is 2. The van der Waals surface area contributed by atoms with Crippen molar-refractivity contribution in [2.45, 2.75) is 19.4 Å². The standard InChI is InChI=1S/C21H23NO4/c1-2-16-8-10-18(11-9-16)21(24)26-19(17-6-4-3-5-7-17)20(23)22-12-14-25-15-13-22/h3-11,19H,2,12-15H2,1H3/t19-/m0/s1. The number of nitrogens with zero attached hydrogens (tertiary/aromatic N) is 1. The molecule has 0 aliphatic carbocycles. The van der Waals surface area contributed by atoms with Gasteiger partial charge in [-0.05, 0) is 24.1 Å². The Bertz CT molecular complexity index is 736. The van der Waals surface area contributed by atoms with Crippen LogP contribution in [0.2, 0.25) is 0 Å². The molecular weight excluding hydrogens is 330 g/mol. The second kappa shape index (κ2) is 8.63. The molecule has 1 amide bonds. The molecule has 2 aromatic carbocycles. The molecule has 1 atom stereocenters. The summed E-state index contributed by atoms with van der Waals surface area (Å²) in [6, 6.07) is 16.4. The highest BCUT2D eigenvalue weighted by Gasteiger charge is 2.30. The summed E-state index contributed by atoms with van der Waals surface area (Å²) in [5.41, 5.74) is 2.26. The number of aryl methyl sites for hydroxylation is 1. The normalized spacial score (nSPS) is 15.3. The Kier molecular flexibility index (Phi) is 6.02. The van der Waals surface area contributed by atoms with E-state index in [1.54, 1.807) is 29.2 Å². The third kappa shape index (κ3) is 4.29. The Morgan fingerprint density at radius 1 is 1.04 bits per heavy atom. The van der Waals surface area contributed by atoms with Gasteiger partial charge in [0.1, 0.15) is 0 Å². The first-order valence-electron chi connectivity index (χ1n) is 8.90. The summed E-state index contributed by atoms with van der Waals surface area (Å²) in [5, 5.41) is 0. The van der Waals surface area contributed by atoms with Gasteiger partial charge < -0.3 is 14.4 Å². The van der Waals surface area contributed by atoms with Crippen LogP contribution in [0.15, 0.2) is 54.6 Å². The number of hydrogen-bond donors (Lipinski definition) is 0. The number of ether oxygens (including phenoxy) is 2. The van der Waals surface area contributed by atoms with Crippen molar-refractivity contribution in [2.24, 2.45) is 0 Å². The van der Waals surface area contributed by atoms with Crippen LogP contribution in [-0.4, -0.2) is 43.1 Å². The summed E-state index contributed by atoms with van der Waals surface area (Å²) in [6.07, 6.45) is -0.0510. The van der Waals surface area contributed by atoms with Crippen LogP contribution in [-0.2, 0) is 20.7 Å². The number of carbonyl (C=O) groups is 2. The molecule has 1 fully saturated rings. The topological polar surface area (TPSA) is 55.8 Å². The Morgan fingerprint density at radius 2 is 1.69 bits per heavy atom. The van der Waals surface area contributed by atoms with E-state index in [1.807, 2.05) is 30.3 Å². The van der Waals surface area contributed by atoms with Crippen molar-refractivity contribution < 1.29 is 19.1 Å². The van der Waals surface area contributed by atoms with E-state index in [1.165, 1.54) is 0 Å². The molecule has 3 rings (SSSR count). The molecule has 5 nitrogen and oxygen atoms in total. The van der Waals surface area contributed by atoms with Gasteiger partial charge in [-0.15, -0.1) is 0 Å². The lowest BCUT2D eigenvalue weighted by Gasteiger charge is -2.30. The molecule has 26 heavy (non-hydrogen) atoms. The van der Waals surface area contributed by atoms with Crippen molar-refractivity contribution >= 4 is 11.9 Å². The molecule has 1 saturated heterocycles. The average Bonchev–Trinajstić information content (AvgIpc) is 2.72. The first-order valence-corrected chi connectivity index (χ1v) is 8.90. The molecule has 136 valence electrons. The van der Waals surface area contributed by atoms with Crippen molar-refractivity contribution in [2.75, 3.05) is 26.3 Å². The molecule has 1 heterocycles. The minimum Gasteiger partial charge on any atom is -0.444 e. The summed E-state index contributed by atoms with van der Waals surface area (Å²) in [6.45, 7) is 4.06. The zero-order valence-electron chi connectivity index (χ0n) is 14.9. The fourth-order valence-corrected chi connectivity index (χ4v) is 2.89. The van der Waals surface area contributed by atoms with Gasteiger partial charge in [0.25, 0.3) is 5.91 Å². The zero-order chi connectivity index (χ0) is 18.4. The first-order chi connectivity index (χ1) is 12.7. The summed E-state index contributed by atoms with van der Waals surface area (Å²) in [5.74, 6) is -0.707. The summed E-state index contributed by atoms with van der Waals surface area (Å²) in [4.78, 5) is 27.2. The summed E-state index contributed by atoms with van der Waals surface area (Å²) in [7, 11) is 0. The van der Waals surface area contributed by atoms with Crippen LogP contribution >= 0.6 is 0 Å². The molecule has 1 aliphatic rings. The fourth-order valence-electron chi connectivity index (χ4n) is 2.89. The van der Waals surface area contributed by atoms with Crippen LogP contribution in [0.5, 0.6) is 0 Å². The number of benzene rings is 2. The molecule has 1 aliphatic heterocycles. The lowest BCUT2D eigenvalue weighted by atomic mass is 10.1. The van der Waals surface area contributed by atoms with E-state index < -0.39 is 12.1 Å². The van der Waals surface area contributed by atoms with Gasteiger partial charge in [-0.2, -0.15) is 0 Å². The van der Waals surface area contributed by atoms with Gasteiger partial charge in [0.2, 0.25) is 6.10 Å². The maximum atomic E-state index is 13.0. The van der Waals surface area contributed by atoms with Gasteiger partial charge in [-0.1, -0.05) is 49.4 Å². The van der Waals surface area contributed by atoms with Gasteiger partial charge in [-0.25, -0.2) is 4.79 Å².